The molecule has 7 nitrogen and oxygen atoms in total. The minimum Gasteiger partial charge on any atom is -0.465 e. The third-order valence-corrected chi connectivity index (χ3v) is 6.32. The van der Waals surface area contributed by atoms with Gasteiger partial charge >= 0.3 is 5.97 Å². The quantitative estimate of drug-likeness (QED) is 0.485. The highest BCUT2D eigenvalue weighted by Crippen LogP contribution is 2.30. The Hall–Kier alpha value is -3.13. The van der Waals surface area contributed by atoms with Crippen molar-refractivity contribution in [3.63, 3.8) is 0 Å². The molecule has 0 amide bonds. The average molecular weight is 406 g/mol. The van der Waals surface area contributed by atoms with Crippen LogP contribution in [0.2, 0.25) is 0 Å². The molecule has 5 rings (SSSR count). The molecule has 29 heavy (non-hydrogen) atoms. The van der Waals surface area contributed by atoms with Gasteiger partial charge in [0.2, 0.25) is 5.78 Å². The van der Waals surface area contributed by atoms with Crippen LogP contribution in [0.25, 0.3) is 22.4 Å². The van der Waals surface area contributed by atoms with E-state index < -0.39 is 0 Å². The monoisotopic (exact) mass is 406 g/mol. The number of carbonyl (C=O) groups excluding carboxylic acids is 1. The van der Waals surface area contributed by atoms with Crippen LogP contribution in [0.3, 0.4) is 0 Å². The van der Waals surface area contributed by atoms with E-state index in [-0.39, 0.29) is 16.8 Å². The Balaban J connectivity index is 1.77. The second-order valence-electron chi connectivity index (χ2n) is 6.86. The molecule has 0 radical (unpaired) electrons. The van der Waals surface area contributed by atoms with Crippen molar-refractivity contribution in [1.82, 2.24) is 19.2 Å². The lowest BCUT2D eigenvalue weighted by Gasteiger charge is -2.12. The predicted octanol–water partition coefficient (Wildman–Crippen LogP) is 3.00. The fourth-order valence-corrected chi connectivity index (χ4v) is 4.59. The highest BCUT2D eigenvalue weighted by Gasteiger charge is 2.30. The van der Waals surface area contributed by atoms with E-state index in [2.05, 4.69) is 17.1 Å². The first-order valence-electron chi connectivity index (χ1n) is 9.49. The summed E-state index contributed by atoms with van der Waals surface area (Å²) in [5.41, 5.74) is 2.48. The molecule has 0 aliphatic carbocycles. The lowest BCUT2D eigenvalue weighted by molar-refractivity contribution is -0.137. The van der Waals surface area contributed by atoms with E-state index in [9.17, 15) is 9.59 Å². The van der Waals surface area contributed by atoms with E-state index in [1.165, 1.54) is 17.3 Å². The van der Waals surface area contributed by atoms with Crippen molar-refractivity contribution in [1.29, 1.82) is 0 Å². The number of esters is 1. The molecule has 1 atom stereocenters. The van der Waals surface area contributed by atoms with Crippen LogP contribution in [0.4, 0.5) is 0 Å². The molecule has 0 N–H and O–H groups in total. The SMILES string of the molecule is CCc1ccc(-n2c(=O)c3ccccc3n3c(S[C@H]4CCOC4=O)nnc23)cc1. The summed E-state index contributed by atoms with van der Waals surface area (Å²) in [6.45, 7) is 2.51. The molecule has 4 aromatic rings. The molecular formula is C21H18N4O3S. The number of carbonyl (C=O) groups is 1. The van der Waals surface area contributed by atoms with E-state index in [0.717, 1.165) is 12.1 Å². The third kappa shape index (κ3) is 2.91. The number of rotatable bonds is 4. The van der Waals surface area contributed by atoms with Gasteiger partial charge in [0.15, 0.2) is 5.16 Å². The van der Waals surface area contributed by atoms with Crippen LogP contribution in [-0.2, 0) is 16.0 Å². The van der Waals surface area contributed by atoms with Crippen molar-refractivity contribution >= 4 is 34.4 Å². The third-order valence-electron chi connectivity index (χ3n) is 5.13. The number of fused-ring (bicyclic) bond motifs is 3. The summed E-state index contributed by atoms with van der Waals surface area (Å²) in [6.07, 6.45) is 1.56. The summed E-state index contributed by atoms with van der Waals surface area (Å²) in [7, 11) is 0. The Morgan fingerprint density at radius 1 is 1.10 bits per heavy atom. The summed E-state index contributed by atoms with van der Waals surface area (Å²) in [5.74, 6) is 0.186. The molecule has 2 aromatic carbocycles. The second kappa shape index (κ2) is 7.04. The molecular weight excluding hydrogens is 388 g/mol. The number of aryl methyl sites for hydroxylation is 1. The molecule has 1 aliphatic rings. The van der Waals surface area contributed by atoms with Crippen LogP contribution in [-0.4, -0.2) is 37.0 Å². The summed E-state index contributed by atoms with van der Waals surface area (Å²) < 4.78 is 8.50. The summed E-state index contributed by atoms with van der Waals surface area (Å²) in [4.78, 5) is 25.3. The van der Waals surface area contributed by atoms with E-state index in [4.69, 9.17) is 4.74 Å². The van der Waals surface area contributed by atoms with Crippen LogP contribution >= 0.6 is 11.8 Å². The first kappa shape index (κ1) is 17.9. The van der Waals surface area contributed by atoms with Crippen molar-refractivity contribution in [2.45, 2.75) is 30.2 Å². The zero-order valence-electron chi connectivity index (χ0n) is 15.7. The normalized spacial score (nSPS) is 16.6. The number of aromatic nitrogens is 4. The Morgan fingerprint density at radius 2 is 1.90 bits per heavy atom. The van der Waals surface area contributed by atoms with Gasteiger partial charge in [0.1, 0.15) is 5.25 Å². The first-order chi connectivity index (χ1) is 14.2. The molecule has 146 valence electrons. The molecule has 1 aliphatic heterocycles. The lowest BCUT2D eigenvalue weighted by atomic mass is 10.1. The Morgan fingerprint density at radius 3 is 2.62 bits per heavy atom. The van der Waals surface area contributed by atoms with Gasteiger partial charge in [0, 0.05) is 6.42 Å². The summed E-state index contributed by atoms with van der Waals surface area (Å²) in [6, 6.07) is 15.2. The number of benzene rings is 2. The summed E-state index contributed by atoms with van der Waals surface area (Å²) >= 11 is 1.33. The van der Waals surface area contributed by atoms with Gasteiger partial charge in [0.05, 0.1) is 23.2 Å². The maximum atomic E-state index is 13.3. The molecule has 0 bridgehead atoms. The summed E-state index contributed by atoms with van der Waals surface area (Å²) in [5, 5.41) is 9.45. The molecule has 8 heteroatoms. The van der Waals surface area contributed by atoms with Crippen molar-refractivity contribution in [2.75, 3.05) is 6.61 Å². The van der Waals surface area contributed by atoms with E-state index in [1.807, 2.05) is 46.9 Å². The van der Waals surface area contributed by atoms with Gasteiger partial charge in [-0.15, -0.1) is 10.2 Å². The highest BCUT2D eigenvalue weighted by molar-refractivity contribution is 8.00. The van der Waals surface area contributed by atoms with Crippen molar-refractivity contribution in [3.05, 3.63) is 64.4 Å². The van der Waals surface area contributed by atoms with Crippen molar-refractivity contribution < 1.29 is 9.53 Å². The van der Waals surface area contributed by atoms with Crippen molar-refractivity contribution in [3.8, 4) is 5.69 Å². The second-order valence-corrected chi connectivity index (χ2v) is 8.03. The maximum absolute atomic E-state index is 13.3. The molecule has 0 unspecified atom stereocenters. The Labute approximate surface area is 170 Å². The minimum absolute atomic E-state index is 0.151. The zero-order valence-corrected chi connectivity index (χ0v) is 16.6. The minimum atomic E-state index is -0.314. The molecule has 0 saturated carbocycles. The fourth-order valence-electron chi connectivity index (χ4n) is 3.58. The van der Waals surface area contributed by atoms with E-state index in [1.54, 1.807) is 10.6 Å². The number of para-hydroxylation sites is 1. The van der Waals surface area contributed by atoms with Crippen LogP contribution in [0, 0.1) is 0 Å². The number of hydrogen-bond donors (Lipinski definition) is 0. The van der Waals surface area contributed by atoms with Crippen LogP contribution in [0.15, 0.2) is 58.5 Å². The van der Waals surface area contributed by atoms with Crippen LogP contribution < -0.4 is 5.56 Å². The molecule has 2 aromatic heterocycles. The average Bonchev–Trinajstić information content (AvgIpc) is 3.35. The standard InChI is InChI=1S/C21H18N4O3S/c1-2-13-7-9-14(10-8-13)24-18(26)15-5-3-4-6-16(15)25-20(24)22-23-21(25)29-17-11-12-28-19(17)27/h3-10,17H,2,11-12H2,1H3/t17-/m0/s1. The zero-order chi connectivity index (χ0) is 20.0. The number of thioether (sulfide) groups is 1. The number of nitrogens with zero attached hydrogens (tertiary/aromatic N) is 4. The molecule has 3 heterocycles. The number of ether oxygens (including phenoxy) is 1. The van der Waals surface area contributed by atoms with Crippen molar-refractivity contribution in [2.24, 2.45) is 0 Å². The van der Waals surface area contributed by atoms with Gasteiger partial charge in [-0.3, -0.25) is 14.0 Å². The highest BCUT2D eigenvalue weighted by atomic mass is 32.2. The smallest absolute Gasteiger partial charge is 0.319 e. The van der Waals surface area contributed by atoms with E-state index >= 15 is 0 Å². The number of cyclic esters (lactones) is 1. The molecule has 0 spiro atoms. The van der Waals surface area contributed by atoms with Gasteiger partial charge in [-0.1, -0.05) is 43.0 Å². The van der Waals surface area contributed by atoms with Gasteiger partial charge in [-0.05, 0) is 36.2 Å². The van der Waals surface area contributed by atoms with Gasteiger partial charge in [-0.2, -0.15) is 0 Å². The molecule has 1 saturated heterocycles. The maximum Gasteiger partial charge on any atom is 0.319 e. The Bertz CT molecular complexity index is 1290. The van der Waals surface area contributed by atoms with Crippen LogP contribution in [0.5, 0.6) is 0 Å². The molecule has 1 fully saturated rings. The Kier molecular flexibility index (Phi) is 4.35. The predicted molar refractivity (Wildman–Crippen MR) is 111 cm³/mol. The van der Waals surface area contributed by atoms with Gasteiger partial charge < -0.3 is 4.74 Å². The topological polar surface area (TPSA) is 78.5 Å². The fraction of sp³-hybridized carbons (Fsp3) is 0.238. The number of hydrogen-bond acceptors (Lipinski definition) is 6. The van der Waals surface area contributed by atoms with Crippen LogP contribution in [0.1, 0.15) is 18.9 Å². The van der Waals surface area contributed by atoms with Gasteiger partial charge in [0.25, 0.3) is 5.56 Å². The first-order valence-corrected chi connectivity index (χ1v) is 10.4. The van der Waals surface area contributed by atoms with E-state index in [0.29, 0.717) is 34.9 Å². The van der Waals surface area contributed by atoms with Gasteiger partial charge in [-0.25, -0.2) is 4.57 Å². The largest absolute Gasteiger partial charge is 0.465 e. The lowest BCUT2D eigenvalue weighted by Crippen LogP contribution is -2.22.